The molecular weight excluding hydrogens is 240 g/mol. The molecule has 0 spiro atoms. The third-order valence-corrected chi connectivity index (χ3v) is 4.19. The minimum absolute atomic E-state index is 0.448. The van der Waals surface area contributed by atoms with Crippen molar-refractivity contribution in [2.75, 3.05) is 32.9 Å². The smallest absolute Gasteiger partial charge is 0.0437 e. The summed E-state index contributed by atoms with van der Waals surface area (Å²) in [6, 6.07) is 11.2. The van der Waals surface area contributed by atoms with E-state index in [0.717, 1.165) is 13.1 Å². The summed E-state index contributed by atoms with van der Waals surface area (Å²) in [5.74, 6) is 1.18. The minimum Gasteiger partial charge on any atom is -0.309 e. The maximum absolute atomic E-state index is 3.60. The Hall–Kier alpha value is -0.510. The standard InChI is InChI=1S/C15H26N2S/c1-5-16-15(14-9-7-6-8-10-14)13(2)18-12-11-17(3)4/h6-10,13,15-16H,5,11-12H2,1-4H3. The molecule has 2 atom stereocenters. The van der Waals surface area contributed by atoms with Gasteiger partial charge in [0.1, 0.15) is 0 Å². The zero-order chi connectivity index (χ0) is 13.4. The van der Waals surface area contributed by atoms with Gasteiger partial charge >= 0.3 is 0 Å². The zero-order valence-corrected chi connectivity index (χ0v) is 12.8. The molecule has 1 aromatic carbocycles. The summed E-state index contributed by atoms with van der Waals surface area (Å²) in [5, 5.41) is 4.19. The molecule has 0 heterocycles. The van der Waals surface area contributed by atoms with Gasteiger partial charge in [-0.05, 0) is 26.2 Å². The van der Waals surface area contributed by atoms with Gasteiger partial charge in [-0.25, -0.2) is 0 Å². The molecule has 0 aliphatic rings. The molecule has 18 heavy (non-hydrogen) atoms. The van der Waals surface area contributed by atoms with Crippen LogP contribution in [0.25, 0.3) is 0 Å². The van der Waals surface area contributed by atoms with Crippen molar-refractivity contribution in [3.63, 3.8) is 0 Å². The van der Waals surface area contributed by atoms with E-state index in [-0.39, 0.29) is 0 Å². The second-order valence-corrected chi connectivity index (χ2v) is 6.31. The van der Waals surface area contributed by atoms with Gasteiger partial charge < -0.3 is 10.2 Å². The molecule has 0 aliphatic heterocycles. The molecule has 1 aromatic rings. The Morgan fingerprint density at radius 2 is 1.89 bits per heavy atom. The Morgan fingerprint density at radius 3 is 2.44 bits per heavy atom. The van der Waals surface area contributed by atoms with Gasteiger partial charge in [0.25, 0.3) is 0 Å². The summed E-state index contributed by atoms with van der Waals surface area (Å²) < 4.78 is 0. The van der Waals surface area contributed by atoms with Crippen molar-refractivity contribution in [1.82, 2.24) is 10.2 Å². The van der Waals surface area contributed by atoms with Crippen LogP contribution in [0, 0.1) is 0 Å². The average molecular weight is 266 g/mol. The molecular formula is C15H26N2S. The van der Waals surface area contributed by atoms with E-state index in [0.29, 0.717) is 11.3 Å². The van der Waals surface area contributed by atoms with Crippen molar-refractivity contribution in [2.45, 2.75) is 25.1 Å². The van der Waals surface area contributed by atoms with E-state index in [1.807, 2.05) is 11.8 Å². The topological polar surface area (TPSA) is 15.3 Å². The molecule has 3 heteroatoms. The van der Waals surface area contributed by atoms with Crippen molar-refractivity contribution in [2.24, 2.45) is 0 Å². The van der Waals surface area contributed by atoms with E-state index in [1.54, 1.807) is 0 Å². The lowest BCUT2D eigenvalue weighted by Crippen LogP contribution is -2.29. The van der Waals surface area contributed by atoms with Crippen LogP contribution in [0.2, 0.25) is 0 Å². The van der Waals surface area contributed by atoms with Gasteiger partial charge in [0.2, 0.25) is 0 Å². The molecule has 0 saturated heterocycles. The van der Waals surface area contributed by atoms with Crippen LogP contribution in [-0.4, -0.2) is 43.1 Å². The van der Waals surface area contributed by atoms with Gasteiger partial charge in [-0.2, -0.15) is 11.8 Å². The Kier molecular flexibility index (Phi) is 7.40. The van der Waals surface area contributed by atoms with E-state index in [1.165, 1.54) is 11.3 Å². The Bertz CT molecular complexity index is 314. The molecule has 2 nitrogen and oxygen atoms in total. The number of hydrogen-bond acceptors (Lipinski definition) is 3. The van der Waals surface area contributed by atoms with Crippen molar-refractivity contribution >= 4 is 11.8 Å². The fraction of sp³-hybridized carbons (Fsp3) is 0.600. The number of rotatable bonds is 8. The predicted octanol–water partition coefficient (Wildman–Crippen LogP) is 3.02. The van der Waals surface area contributed by atoms with E-state index in [4.69, 9.17) is 0 Å². The van der Waals surface area contributed by atoms with E-state index in [9.17, 15) is 0 Å². The monoisotopic (exact) mass is 266 g/mol. The van der Waals surface area contributed by atoms with Crippen molar-refractivity contribution in [3.8, 4) is 0 Å². The van der Waals surface area contributed by atoms with Crippen molar-refractivity contribution in [3.05, 3.63) is 35.9 Å². The highest BCUT2D eigenvalue weighted by Crippen LogP contribution is 2.26. The molecule has 0 aliphatic carbocycles. The van der Waals surface area contributed by atoms with Crippen molar-refractivity contribution in [1.29, 1.82) is 0 Å². The number of benzene rings is 1. The van der Waals surface area contributed by atoms with Crippen LogP contribution in [0.1, 0.15) is 25.5 Å². The lowest BCUT2D eigenvalue weighted by molar-refractivity contribution is 0.436. The molecule has 1 rings (SSSR count). The first-order chi connectivity index (χ1) is 8.65. The SMILES string of the molecule is CCNC(c1ccccc1)C(C)SCCN(C)C. The highest BCUT2D eigenvalue weighted by Gasteiger charge is 2.18. The normalized spacial score (nSPS) is 14.7. The maximum atomic E-state index is 3.60. The molecule has 0 amide bonds. The van der Waals surface area contributed by atoms with Crippen molar-refractivity contribution < 1.29 is 0 Å². The van der Waals surface area contributed by atoms with Crippen LogP contribution in [0.3, 0.4) is 0 Å². The van der Waals surface area contributed by atoms with Crippen LogP contribution in [0.5, 0.6) is 0 Å². The molecule has 0 bridgehead atoms. The lowest BCUT2D eigenvalue weighted by Gasteiger charge is -2.25. The van der Waals surface area contributed by atoms with Crippen LogP contribution < -0.4 is 5.32 Å². The minimum atomic E-state index is 0.448. The highest BCUT2D eigenvalue weighted by atomic mass is 32.2. The molecule has 2 unspecified atom stereocenters. The fourth-order valence-electron chi connectivity index (χ4n) is 1.95. The first-order valence-corrected chi connectivity index (χ1v) is 7.74. The summed E-state index contributed by atoms with van der Waals surface area (Å²) in [4.78, 5) is 2.24. The molecule has 0 aromatic heterocycles. The summed E-state index contributed by atoms with van der Waals surface area (Å²) in [7, 11) is 4.26. The third kappa shape index (κ3) is 5.42. The summed E-state index contributed by atoms with van der Waals surface area (Å²) >= 11 is 2.04. The van der Waals surface area contributed by atoms with Gasteiger partial charge in [-0.15, -0.1) is 0 Å². The maximum Gasteiger partial charge on any atom is 0.0437 e. The van der Waals surface area contributed by atoms with E-state index in [2.05, 4.69) is 68.5 Å². The number of nitrogens with zero attached hydrogens (tertiary/aromatic N) is 1. The second kappa shape index (κ2) is 8.57. The second-order valence-electron chi connectivity index (χ2n) is 4.83. The van der Waals surface area contributed by atoms with Crippen LogP contribution >= 0.6 is 11.8 Å². The first-order valence-electron chi connectivity index (χ1n) is 6.69. The van der Waals surface area contributed by atoms with Crippen LogP contribution in [-0.2, 0) is 0 Å². The molecule has 0 saturated carbocycles. The van der Waals surface area contributed by atoms with Gasteiger partial charge in [0.05, 0.1) is 0 Å². The van der Waals surface area contributed by atoms with Gasteiger partial charge in [0, 0.05) is 23.6 Å². The number of nitrogens with one attached hydrogen (secondary N) is 1. The summed E-state index contributed by atoms with van der Waals surface area (Å²) in [5.41, 5.74) is 1.39. The van der Waals surface area contributed by atoms with Crippen LogP contribution in [0.4, 0.5) is 0 Å². The fourth-order valence-corrected chi connectivity index (χ4v) is 3.24. The van der Waals surface area contributed by atoms with E-state index < -0.39 is 0 Å². The third-order valence-electron chi connectivity index (χ3n) is 2.97. The number of hydrogen-bond donors (Lipinski definition) is 1. The number of thioether (sulfide) groups is 1. The van der Waals surface area contributed by atoms with Crippen LogP contribution in [0.15, 0.2) is 30.3 Å². The molecule has 0 fully saturated rings. The molecule has 102 valence electrons. The summed E-state index contributed by atoms with van der Waals surface area (Å²) in [6.07, 6.45) is 0. The predicted molar refractivity (Wildman–Crippen MR) is 83.3 cm³/mol. The molecule has 0 radical (unpaired) electrons. The summed E-state index contributed by atoms with van der Waals surface area (Å²) in [6.45, 7) is 6.65. The lowest BCUT2D eigenvalue weighted by atomic mass is 10.0. The largest absolute Gasteiger partial charge is 0.309 e. The van der Waals surface area contributed by atoms with Gasteiger partial charge in [0.15, 0.2) is 0 Å². The average Bonchev–Trinajstić information content (AvgIpc) is 2.36. The van der Waals surface area contributed by atoms with E-state index >= 15 is 0 Å². The Labute approximate surface area is 116 Å². The van der Waals surface area contributed by atoms with Gasteiger partial charge in [-0.3, -0.25) is 0 Å². The zero-order valence-electron chi connectivity index (χ0n) is 12.0. The quantitative estimate of drug-likeness (QED) is 0.778. The Balaban J connectivity index is 2.56. The Morgan fingerprint density at radius 1 is 1.22 bits per heavy atom. The highest BCUT2D eigenvalue weighted by molar-refractivity contribution is 7.99. The molecule has 1 N–H and O–H groups in total. The first kappa shape index (κ1) is 15.5. The van der Waals surface area contributed by atoms with Gasteiger partial charge in [-0.1, -0.05) is 44.2 Å².